The van der Waals surface area contributed by atoms with Crippen LogP contribution in [-0.4, -0.2) is 35.1 Å². The van der Waals surface area contributed by atoms with Crippen LogP contribution in [0.25, 0.3) is 0 Å². The van der Waals surface area contributed by atoms with Gasteiger partial charge in [-0.2, -0.15) is 0 Å². The number of carboxylic acid groups (broad SMARTS) is 1. The highest BCUT2D eigenvalue weighted by Gasteiger charge is 2.41. The maximum absolute atomic E-state index is 11.7. The monoisotopic (exact) mass is 297 g/mol. The minimum atomic E-state index is -0.593. The van der Waals surface area contributed by atoms with Crippen molar-refractivity contribution < 1.29 is 9.90 Å². The SMILES string of the molecule is CCCN(CCC)C1CC(C(C)(C)CC)CCC1C(=O)O. The molecule has 0 amide bonds. The Morgan fingerprint density at radius 1 is 1.14 bits per heavy atom. The number of carboxylic acids is 1. The van der Waals surface area contributed by atoms with E-state index in [1.54, 1.807) is 0 Å². The molecule has 0 aromatic rings. The van der Waals surface area contributed by atoms with Crippen LogP contribution < -0.4 is 0 Å². The van der Waals surface area contributed by atoms with Crippen LogP contribution in [0.3, 0.4) is 0 Å². The molecule has 3 heteroatoms. The summed E-state index contributed by atoms with van der Waals surface area (Å²) >= 11 is 0. The van der Waals surface area contributed by atoms with Crippen LogP contribution in [0.15, 0.2) is 0 Å². The van der Waals surface area contributed by atoms with Gasteiger partial charge in [-0.3, -0.25) is 9.69 Å². The van der Waals surface area contributed by atoms with Gasteiger partial charge in [0.15, 0.2) is 0 Å². The summed E-state index contributed by atoms with van der Waals surface area (Å²) in [4.78, 5) is 14.1. The number of aliphatic carboxylic acids is 1. The first-order chi connectivity index (χ1) is 9.87. The molecule has 124 valence electrons. The molecular weight excluding hydrogens is 262 g/mol. The van der Waals surface area contributed by atoms with Crippen molar-refractivity contribution in [3.63, 3.8) is 0 Å². The molecule has 0 saturated heterocycles. The zero-order valence-electron chi connectivity index (χ0n) is 14.7. The quantitative estimate of drug-likeness (QED) is 0.721. The van der Waals surface area contributed by atoms with Gasteiger partial charge in [0.2, 0.25) is 0 Å². The van der Waals surface area contributed by atoms with Crippen molar-refractivity contribution in [1.82, 2.24) is 4.90 Å². The van der Waals surface area contributed by atoms with Gasteiger partial charge in [-0.25, -0.2) is 0 Å². The molecule has 21 heavy (non-hydrogen) atoms. The maximum Gasteiger partial charge on any atom is 0.308 e. The molecule has 3 nitrogen and oxygen atoms in total. The van der Waals surface area contributed by atoms with Crippen molar-refractivity contribution in [2.24, 2.45) is 17.3 Å². The lowest BCUT2D eigenvalue weighted by Gasteiger charge is -2.46. The van der Waals surface area contributed by atoms with Gasteiger partial charge in [0.25, 0.3) is 0 Å². The molecule has 0 aromatic heterocycles. The molecule has 1 rings (SSSR count). The fraction of sp³-hybridized carbons (Fsp3) is 0.944. The Hall–Kier alpha value is -0.570. The summed E-state index contributed by atoms with van der Waals surface area (Å²) in [6.45, 7) is 13.4. The second kappa shape index (κ2) is 8.17. The van der Waals surface area contributed by atoms with E-state index in [-0.39, 0.29) is 12.0 Å². The third kappa shape index (κ3) is 4.70. The van der Waals surface area contributed by atoms with Crippen molar-refractivity contribution in [2.45, 2.75) is 79.2 Å². The van der Waals surface area contributed by atoms with Gasteiger partial charge >= 0.3 is 5.97 Å². The Kier molecular flexibility index (Phi) is 7.19. The first-order valence-electron chi connectivity index (χ1n) is 8.84. The Labute approximate surface area is 131 Å². The molecule has 3 unspecified atom stereocenters. The van der Waals surface area contributed by atoms with Crippen molar-refractivity contribution in [3.8, 4) is 0 Å². The molecule has 0 aromatic carbocycles. The standard InChI is InChI=1S/C18H35NO2/c1-6-11-19(12-7-2)16-13-14(18(4,5)8-3)9-10-15(16)17(20)21/h14-16H,6-13H2,1-5H3,(H,20,21). The van der Waals surface area contributed by atoms with E-state index in [0.717, 1.165) is 45.2 Å². The largest absolute Gasteiger partial charge is 0.481 e. The van der Waals surface area contributed by atoms with Gasteiger partial charge in [0, 0.05) is 6.04 Å². The summed E-state index contributed by atoms with van der Waals surface area (Å²) in [5.74, 6) is -0.115. The summed E-state index contributed by atoms with van der Waals surface area (Å²) in [5, 5.41) is 9.61. The zero-order chi connectivity index (χ0) is 16.0. The minimum absolute atomic E-state index is 0.174. The van der Waals surface area contributed by atoms with E-state index in [2.05, 4.69) is 39.5 Å². The molecule has 1 fully saturated rings. The molecule has 1 saturated carbocycles. The average molecular weight is 297 g/mol. The Bertz CT molecular complexity index is 321. The van der Waals surface area contributed by atoms with Gasteiger partial charge < -0.3 is 5.11 Å². The highest BCUT2D eigenvalue weighted by molar-refractivity contribution is 5.71. The van der Waals surface area contributed by atoms with Crippen molar-refractivity contribution in [3.05, 3.63) is 0 Å². The topological polar surface area (TPSA) is 40.5 Å². The van der Waals surface area contributed by atoms with E-state index in [0.29, 0.717) is 11.3 Å². The molecule has 0 bridgehead atoms. The van der Waals surface area contributed by atoms with Crippen molar-refractivity contribution in [2.75, 3.05) is 13.1 Å². The van der Waals surface area contributed by atoms with Crippen LogP contribution in [-0.2, 0) is 4.79 Å². The predicted octanol–water partition coefficient (Wildman–Crippen LogP) is 4.41. The number of carbonyl (C=O) groups is 1. The van der Waals surface area contributed by atoms with E-state index in [4.69, 9.17) is 0 Å². The van der Waals surface area contributed by atoms with Crippen LogP contribution in [0.4, 0.5) is 0 Å². The molecule has 1 aliphatic carbocycles. The molecule has 0 radical (unpaired) electrons. The second-order valence-corrected chi connectivity index (χ2v) is 7.40. The van der Waals surface area contributed by atoms with Crippen LogP contribution >= 0.6 is 0 Å². The average Bonchev–Trinajstić information content (AvgIpc) is 2.46. The lowest BCUT2D eigenvalue weighted by Crippen LogP contribution is -2.49. The Morgan fingerprint density at radius 2 is 1.71 bits per heavy atom. The lowest BCUT2D eigenvalue weighted by molar-refractivity contribution is -0.147. The van der Waals surface area contributed by atoms with Gasteiger partial charge in [-0.15, -0.1) is 0 Å². The summed E-state index contributed by atoms with van der Waals surface area (Å²) < 4.78 is 0. The summed E-state index contributed by atoms with van der Waals surface area (Å²) in [5.41, 5.74) is 0.325. The number of hydrogen-bond acceptors (Lipinski definition) is 2. The first-order valence-corrected chi connectivity index (χ1v) is 8.84. The predicted molar refractivity (Wildman–Crippen MR) is 88.5 cm³/mol. The smallest absolute Gasteiger partial charge is 0.308 e. The second-order valence-electron chi connectivity index (χ2n) is 7.40. The van der Waals surface area contributed by atoms with E-state index in [1.807, 2.05) is 0 Å². The molecule has 0 spiro atoms. The lowest BCUT2D eigenvalue weighted by atomic mass is 9.65. The van der Waals surface area contributed by atoms with Crippen molar-refractivity contribution >= 4 is 5.97 Å². The maximum atomic E-state index is 11.7. The number of hydrogen-bond donors (Lipinski definition) is 1. The van der Waals surface area contributed by atoms with Crippen LogP contribution in [0.2, 0.25) is 0 Å². The zero-order valence-corrected chi connectivity index (χ0v) is 14.7. The van der Waals surface area contributed by atoms with E-state index < -0.39 is 5.97 Å². The van der Waals surface area contributed by atoms with Gasteiger partial charge in [-0.05, 0) is 56.5 Å². The molecule has 1 aliphatic rings. The van der Waals surface area contributed by atoms with Gasteiger partial charge in [0.1, 0.15) is 0 Å². The van der Waals surface area contributed by atoms with Crippen LogP contribution in [0.5, 0.6) is 0 Å². The molecule has 1 N–H and O–H groups in total. The molecule has 3 atom stereocenters. The van der Waals surface area contributed by atoms with Crippen molar-refractivity contribution in [1.29, 1.82) is 0 Å². The summed E-state index contributed by atoms with van der Waals surface area (Å²) in [6.07, 6.45) is 6.34. The molecular formula is C18H35NO2. The number of rotatable bonds is 8. The van der Waals surface area contributed by atoms with E-state index in [1.165, 1.54) is 6.42 Å². The van der Waals surface area contributed by atoms with Gasteiger partial charge in [0.05, 0.1) is 5.92 Å². The van der Waals surface area contributed by atoms with Crippen LogP contribution in [0, 0.1) is 17.3 Å². The third-order valence-corrected chi connectivity index (χ3v) is 5.64. The first kappa shape index (κ1) is 18.5. The Balaban J connectivity index is 2.92. The van der Waals surface area contributed by atoms with E-state index >= 15 is 0 Å². The highest BCUT2D eigenvalue weighted by atomic mass is 16.4. The number of nitrogens with zero attached hydrogens (tertiary/aromatic N) is 1. The Morgan fingerprint density at radius 3 is 2.14 bits per heavy atom. The normalized spacial score (nSPS) is 27.0. The molecule has 0 aliphatic heterocycles. The van der Waals surface area contributed by atoms with Gasteiger partial charge in [-0.1, -0.05) is 41.0 Å². The molecule has 0 heterocycles. The van der Waals surface area contributed by atoms with E-state index in [9.17, 15) is 9.90 Å². The third-order valence-electron chi connectivity index (χ3n) is 5.64. The summed E-state index contributed by atoms with van der Waals surface area (Å²) in [7, 11) is 0. The van der Waals surface area contributed by atoms with Crippen LogP contribution in [0.1, 0.15) is 73.1 Å². The summed E-state index contributed by atoms with van der Waals surface area (Å²) in [6, 6.07) is 0.229. The fourth-order valence-electron chi connectivity index (χ4n) is 3.85. The minimum Gasteiger partial charge on any atom is -0.481 e. The fourth-order valence-corrected chi connectivity index (χ4v) is 3.85. The highest BCUT2D eigenvalue weighted by Crippen LogP contribution is 2.43.